The van der Waals surface area contributed by atoms with Crippen LogP contribution in [0.5, 0.6) is 0 Å². The summed E-state index contributed by atoms with van der Waals surface area (Å²) >= 11 is 1.84. The van der Waals surface area contributed by atoms with Crippen molar-refractivity contribution in [3.8, 4) is 0 Å². The first-order valence-corrected chi connectivity index (χ1v) is 12.0. The summed E-state index contributed by atoms with van der Waals surface area (Å²) < 4.78 is 24.2. The first-order valence-electron chi connectivity index (χ1n) is 10.9. The van der Waals surface area contributed by atoms with Gasteiger partial charge >= 0.3 is 5.97 Å². The normalized spacial score (nSPS) is 37.9. The summed E-state index contributed by atoms with van der Waals surface area (Å²) in [5.41, 5.74) is 11.4. The average Bonchev–Trinajstić information content (AvgIpc) is 2.72. The Balaban J connectivity index is 1.65. The first-order chi connectivity index (χ1) is 14.2. The molecule has 0 aromatic rings. The van der Waals surface area contributed by atoms with E-state index >= 15 is 4.39 Å². The largest absolute Gasteiger partial charge is 0.461 e. The predicted molar refractivity (Wildman–Crippen MR) is 121 cm³/mol. The molecule has 10 heteroatoms. The van der Waals surface area contributed by atoms with Crippen molar-refractivity contribution in [2.75, 3.05) is 6.54 Å². The molecule has 4 atom stereocenters. The molecular weight excluding hydrogens is 502 g/mol. The standard InChI is InChI=1S/C20H34FIN6O2/c1-18-11-15(17(29)30-14-5-3-2-4-6-14)25-13-20(18,23)10-9-19(21,12-18)8-7-16(26-24)27-28-22/h14-15,24-25,28H,2-13,23H2,1H3/b26-24?,27-16-/t15-,18?,19+,20+/m0/s1. The summed E-state index contributed by atoms with van der Waals surface area (Å²) in [6.07, 6.45) is 7.48. The van der Waals surface area contributed by atoms with E-state index in [-0.39, 0.29) is 37.2 Å². The fourth-order valence-electron chi connectivity index (χ4n) is 5.45. The van der Waals surface area contributed by atoms with Crippen LogP contribution in [-0.2, 0) is 9.53 Å². The monoisotopic (exact) mass is 536 g/mol. The lowest BCUT2D eigenvalue weighted by Crippen LogP contribution is -2.71. The summed E-state index contributed by atoms with van der Waals surface area (Å²) in [5, 5.41) is 10.6. The smallest absolute Gasteiger partial charge is 0.323 e. The molecule has 1 unspecified atom stereocenters. The van der Waals surface area contributed by atoms with Crippen molar-refractivity contribution < 1.29 is 13.9 Å². The highest BCUT2D eigenvalue weighted by atomic mass is 127. The van der Waals surface area contributed by atoms with Gasteiger partial charge in [0.2, 0.25) is 0 Å². The second-order valence-electron chi connectivity index (χ2n) is 9.60. The van der Waals surface area contributed by atoms with Crippen LogP contribution in [-0.4, -0.2) is 41.7 Å². The van der Waals surface area contributed by atoms with Crippen LogP contribution in [0.15, 0.2) is 10.2 Å². The summed E-state index contributed by atoms with van der Waals surface area (Å²) in [5.74, 6) is 0.0474. The van der Waals surface area contributed by atoms with Crippen LogP contribution < -0.4 is 14.7 Å². The number of esters is 1. The maximum absolute atomic E-state index is 15.8. The predicted octanol–water partition coefficient (Wildman–Crippen LogP) is 3.88. The van der Waals surface area contributed by atoms with E-state index in [1.54, 1.807) is 0 Å². The number of carbonyl (C=O) groups excluding carboxylic acids is 1. The summed E-state index contributed by atoms with van der Waals surface area (Å²) in [7, 11) is 0. The second-order valence-corrected chi connectivity index (χ2v) is 10.1. The SMILES string of the molecule is CC12C[C@@H](C(=O)OC3CCCCC3)NC[C@]1(N)CC[C@](F)(CC/C(N=N)=N/NI)C2. The van der Waals surface area contributed by atoms with Gasteiger partial charge in [-0.25, -0.2) is 13.6 Å². The van der Waals surface area contributed by atoms with Crippen molar-refractivity contribution in [3.63, 3.8) is 0 Å². The quantitative estimate of drug-likeness (QED) is 0.0780. The zero-order valence-corrected chi connectivity index (χ0v) is 19.8. The van der Waals surface area contributed by atoms with Crippen LogP contribution in [0.1, 0.15) is 77.6 Å². The van der Waals surface area contributed by atoms with Crippen LogP contribution in [0.2, 0.25) is 0 Å². The topological polar surface area (TPSA) is 125 Å². The van der Waals surface area contributed by atoms with Crippen molar-refractivity contribution in [2.45, 2.75) is 101 Å². The highest BCUT2D eigenvalue weighted by molar-refractivity contribution is 14.1. The third-order valence-corrected chi connectivity index (χ3v) is 7.70. The van der Waals surface area contributed by atoms with Crippen LogP contribution in [0, 0.1) is 10.9 Å². The Morgan fingerprint density at radius 3 is 2.77 bits per heavy atom. The number of fused-ring (bicyclic) bond motifs is 1. The zero-order chi connectivity index (χ0) is 21.8. The van der Waals surface area contributed by atoms with Crippen molar-refractivity contribution in [3.05, 3.63) is 0 Å². The number of hydrogen-bond acceptors (Lipinski definition) is 7. The van der Waals surface area contributed by atoms with E-state index in [4.69, 9.17) is 16.0 Å². The van der Waals surface area contributed by atoms with Gasteiger partial charge in [0.05, 0.1) is 22.9 Å². The molecule has 0 aromatic carbocycles. The molecular formula is C20H34FIN6O2. The van der Waals surface area contributed by atoms with E-state index in [0.29, 0.717) is 25.8 Å². The number of nitrogens with one attached hydrogen (secondary N) is 3. The van der Waals surface area contributed by atoms with E-state index < -0.39 is 22.7 Å². The molecule has 1 saturated heterocycles. The van der Waals surface area contributed by atoms with Gasteiger partial charge in [0.15, 0.2) is 5.84 Å². The van der Waals surface area contributed by atoms with E-state index in [2.05, 4.69) is 19.2 Å². The Bertz CT molecular complexity index is 676. The molecule has 3 fully saturated rings. The molecule has 0 aromatic heterocycles. The van der Waals surface area contributed by atoms with Gasteiger partial charge in [0, 0.05) is 18.5 Å². The number of piperidine rings is 1. The molecule has 3 rings (SSSR count). The van der Waals surface area contributed by atoms with Crippen molar-refractivity contribution in [1.29, 1.82) is 5.53 Å². The lowest BCUT2D eigenvalue weighted by molar-refractivity contribution is -0.158. The van der Waals surface area contributed by atoms with Gasteiger partial charge in [-0.3, -0.25) is 4.79 Å². The molecule has 0 radical (unpaired) electrons. The van der Waals surface area contributed by atoms with Gasteiger partial charge in [-0.2, -0.15) is 5.10 Å². The molecule has 170 valence electrons. The van der Waals surface area contributed by atoms with Crippen LogP contribution >= 0.6 is 22.9 Å². The van der Waals surface area contributed by atoms with Gasteiger partial charge in [-0.1, -0.05) is 13.3 Å². The van der Waals surface area contributed by atoms with Crippen LogP contribution in [0.4, 0.5) is 4.39 Å². The van der Waals surface area contributed by atoms with Crippen molar-refractivity contribution in [2.24, 2.45) is 21.4 Å². The number of ether oxygens (including phenoxy) is 1. The third kappa shape index (κ3) is 5.29. The third-order valence-electron chi connectivity index (χ3n) is 7.46. The minimum Gasteiger partial charge on any atom is -0.461 e. The van der Waals surface area contributed by atoms with Crippen molar-refractivity contribution >= 4 is 34.7 Å². The van der Waals surface area contributed by atoms with E-state index in [0.717, 1.165) is 25.7 Å². The van der Waals surface area contributed by atoms with E-state index in [9.17, 15) is 4.79 Å². The highest BCUT2D eigenvalue weighted by Gasteiger charge is 2.58. The lowest BCUT2D eigenvalue weighted by Gasteiger charge is -2.58. The molecule has 2 aliphatic carbocycles. The number of rotatable bonds is 6. The molecule has 30 heavy (non-hydrogen) atoms. The molecule has 1 aliphatic heterocycles. The maximum atomic E-state index is 15.8. The number of nitrogens with zero attached hydrogens (tertiary/aromatic N) is 2. The minimum absolute atomic E-state index is 0.00915. The molecule has 0 spiro atoms. The van der Waals surface area contributed by atoms with Gasteiger partial charge in [-0.05, 0) is 63.2 Å². The lowest BCUT2D eigenvalue weighted by atomic mass is 9.54. The van der Waals surface area contributed by atoms with Crippen LogP contribution in [0.25, 0.3) is 0 Å². The molecule has 8 nitrogen and oxygen atoms in total. The van der Waals surface area contributed by atoms with Crippen LogP contribution in [0.3, 0.4) is 0 Å². The Morgan fingerprint density at radius 2 is 2.10 bits per heavy atom. The molecule has 2 saturated carbocycles. The number of alkyl halides is 1. The summed E-state index contributed by atoms with van der Waals surface area (Å²) in [6, 6.07) is -0.445. The van der Waals surface area contributed by atoms with Gasteiger partial charge in [0.25, 0.3) is 0 Å². The Labute approximate surface area is 191 Å². The Kier molecular flexibility index (Phi) is 7.71. The van der Waals surface area contributed by atoms with Crippen molar-refractivity contribution in [1.82, 2.24) is 8.96 Å². The summed E-state index contributed by atoms with van der Waals surface area (Å²) in [4.78, 5) is 12.8. The molecule has 0 amide bonds. The Hall–Kier alpha value is -0.880. The first kappa shape index (κ1) is 23.8. The number of hydrogen-bond donors (Lipinski definition) is 4. The summed E-state index contributed by atoms with van der Waals surface area (Å²) in [6.45, 7) is 2.50. The van der Waals surface area contributed by atoms with Gasteiger partial charge in [0.1, 0.15) is 17.8 Å². The highest BCUT2D eigenvalue weighted by Crippen LogP contribution is 2.53. The minimum atomic E-state index is -1.41. The average molecular weight is 536 g/mol. The Morgan fingerprint density at radius 1 is 1.37 bits per heavy atom. The van der Waals surface area contributed by atoms with E-state index in [1.807, 2.05) is 29.8 Å². The number of carbonyl (C=O) groups is 1. The second kappa shape index (κ2) is 9.72. The molecule has 0 bridgehead atoms. The van der Waals surface area contributed by atoms with Gasteiger partial charge < -0.3 is 15.8 Å². The number of nitrogens with two attached hydrogens (primary N) is 1. The molecule has 5 N–H and O–H groups in total. The zero-order valence-electron chi connectivity index (χ0n) is 17.7. The van der Waals surface area contributed by atoms with Gasteiger partial charge in [-0.15, -0.1) is 5.11 Å². The molecule has 1 heterocycles. The number of halogens is 2. The number of amidine groups is 1. The van der Waals surface area contributed by atoms with E-state index in [1.165, 1.54) is 6.42 Å². The number of hydrazone groups is 1. The maximum Gasteiger partial charge on any atom is 0.323 e. The molecule has 3 aliphatic rings. The fourth-order valence-corrected chi connectivity index (χ4v) is 5.73. The fraction of sp³-hybridized carbons (Fsp3) is 0.900.